The number of rotatable bonds is 3. The number of nitrogens with zero attached hydrogens (tertiary/aromatic N) is 1. The number of para-hydroxylation sites is 1. The average molecular weight is 278 g/mol. The molecule has 2 N–H and O–H groups in total. The van der Waals surface area contributed by atoms with Gasteiger partial charge in [-0.3, -0.25) is 4.79 Å². The topological polar surface area (TPSA) is 71.0 Å². The van der Waals surface area contributed by atoms with Crippen LogP contribution in [0.2, 0.25) is 0 Å². The second kappa shape index (κ2) is 5.40. The summed E-state index contributed by atoms with van der Waals surface area (Å²) in [5.41, 5.74) is 1.26. The Kier molecular flexibility index (Phi) is 3.60. The Balaban J connectivity index is 1.85. The van der Waals surface area contributed by atoms with E-state index in [-0.39, 0.29) is 24.8 Å². The minimum Gasteiger partial charge on any atom is -0.372 e. The van der Waals surface area contributed by atoms with Crippen LogP contribution < -0.4 is 5.32 Å². The van der Waals surface area contributed by atoms with Crippen molar-refractivity contribution in [1.82, 2.24) is 4.90 Å². The fourth-order valence-corrected chi connectivity index (χ4v) is 2.85. The Morgan fingerprint density at radius 1 is 1.45 bits per heavy atom. The van der Waals surface area contributed by atoms with E-state index in [1.54, 1.807) is 24.1 Å². The molecule has 0 aromatic heterocycles. The van der Waals surface area contributed by atoms with Gasteiger partial charge in [-0.15, -0.1) is 0 Å². The Morgan fingerprint density at radius 2 is 2.25 bits per heavy atom. The van der Waals surface area contributed by atoms with Crippen molar-refractivity contribution >= 4 is 11.6 Å². The molecular formula is C14H18N2O4. The number of hydrogen-bond acceptors (Lipinski definition) is 5. The van der Waals surface area contributed by atoms with Gasteiger partial charge in [0, 0.05) is 25.8 Å². The molecule has 1 saturated heterocycles. The van der Waals surface area contributed by atoms with Gasteiger partial charge in [0.25, 0.3) is 5.91 Å². The number of nitrogens with one attached hydrogen (secondary N) is 1. The molecule has 3 atom stereocenters. The average Bonchev–Trinajstić information content (AvgIpc) is 2.85. The normalized spacial score (nSPS) is 28.6. The van der Waals surface area contributed by atoms with Gasteiger partial charge in [0.2, 0.25) is 0 Å². The zero-order valence-electron chi connectivity index (χ0n) is 11.3. The third kappa shape index (κ3) is 2.26. The first-order valence-electron chi connectivity index (χ1n) is 6.66. The fraction of sp³-hybridized carbons (Fsp3) is 0.500. The number of hydrogen-bond donors (Lipinski definition) is 2. The number of carbonyl (C=O) groups is 1. The molecule has 108 valence electrons. The third-order valence-corrected chi connectivity index (χ3v) is 3.81. The number of methoxy groups -OCH3 is 1. The highest BCUT2D eigenvalue weighted by molar-refractivity contribution is 6.00. The van der Waals surface area contributed by atoms with Crippen LogP contribution in [0.15, 0.2) is 24.3 Å². The monoisotopic (exact) mass is 278 g/mol. The maximum absolute atomic E-state index is 12.6. The van der Waals surface area contributed by atoms with Crippen molar-refractivity contribution in [3.8, 4) is 0 Å². The second-order valence-electron chi connectivity index (χ2n) is 5.09. The van der Waals surface area contributed by atoms with E-state index in [4.69, 9.17) is 9.47 Å². The van der Waals surface area contributed by atoms with Crippen molar-refractivity contribution in [2.24, 2.45) is 0 Å². The van der Waals surface area contributed by atoms with Gasteiger partial charge in [0.1, 0.15) is 13.0 Å². The van der Waals surface area contributed by atoms with Crippen molar-refractivity contribution in [3.05, 3.63) is 29.8 Å². The van der Waals surface area contributed by atoms with Crippen LogP contribution in [0.1, 0.15) is 16.8 Å². The Labute approximate surface area is 117 Å². The summed E-state index contributed by atoms with van der Waals surface area (Å²) < 4.78 is 10.4. The summed E-state index contributed by atoms with van der Waals surface area (Å²) in [7, 11) is 1.56. The number of amides is 1. The lowest BCUT2D eigenvalue weighted by atomic mass is 10.1. The van der Waals surface area contributed by atoms with Gasteiger partial charge in [-0.05, 0) is 12.1 Å². The lowest BCUT2D eigenvalue weighted by Crippen LogP contribution is -2.43. The molecule has 6 nitrogen and oxygen atoms in total. The molecule has 1 amide bonds. The highest BCUT2D eigenvalue weighted by Gasteiger charge is 2.42. The van der Waals surface area contributed by atoms with E-state index >= 15 is 0 Å². The van der Waals surface area contributed by atoms with E-state index in [0.717, 1.165) is 0 Å². The molecule has 1 aromatic carbocycles. The van der Waals surface area contributed by atoms with Crippen molar-refractivity contribution < 1.29 is 19.4 Å². The summed E-state index contributed by atoms with van der Waals surface area (Å²) in [6.07, 6.45) is -0.304. The van der Waals surface area contributed by atoms with Crippen molar-refractivity contribution in [2.75, 3.05) is 25.8 Å². The van der Waals surface area contributed by atoms with Crippen LogP contribution >= 0.6 is 0 Å². The molecule has 0 spiro atoms. The fourth-order valence-electron chi connectivity index (χ4n) is 2.85. The molecule has 2 aliphatic heterocycles. The number of benzene rings is 1. The van der Waals surface area contributed by atoms with Crippen LogP contribution in [0.3, 0.4) is 0 Å². The van der Waals surface area contributed by atoms with Gasteiger partial charge in [0.15, 0.2) is 0 Å². The second-order valence-corrected chi connectivity index (χ2v) is 5.09. The summed E-state index contributed by atoms with van der Waals surface area (Å²) in [4.78, 5) is 14.3. The van der Waals surface area contributed by atoms with Gasteiger partial charge >= 0.3 is 0 Å². The zero-order chi connectivity index (χ0) is 14.1. The van der Waals surface area contributed by atoms with E-state index in [9.17, 15) is 9.90 Å². The molecule has 20 heavy (non-hydrogen) atoms. The SMILES string of the molecule is COCO[C@@H]1C[C@H]2C(O)Nc3ccccc3C(=O)N2C1. The number of aliphatic hydroxyl groups is 1. The van der Waals surface area contributed by atoms with E-state index in [0.29, 0.717) is 24.2 Å². The molecular weight excluding hydrogens is 260 g/mol. The van der Waals surface area contributed by atoms with E-state index in [1.807, 2.05) is 12.1 Å². The number of anilines is 1. The molecule has 1 unspecified atom stereocenters. The minimum absolute atomic E-state index is 0.0711. The van der Waals surface area contributed by atoms with Crippen LogP contribution in [0.5, 0.6) is 0 Å². The number of aliphatic hydroxyl groups excluding tert-OH is 1. The molecule has 1 aromatic rings. The maximum Gasteiger partial charge on any atom is 0.256 e. The van der Waals surface area contributed by atoms with Gasteiger partial charge in [-0.2, -0.15) is 0 Å². The summed E-state index contributed by atoms with van der Waals surface area (Å²) in [6, 6.07) is 6.95. The van der Waals surface area contributed by atoms with E-state index < -0.39 is 6.23 Å². The molecule has 0 aliphatic carbocycles. The smallest absolute Gasteiger partial charge is 0.256 e. The first-order valence-corrected chi connectivity index (χ1v) is 6.66. The van der Waals surface area contributed by atoms with Crippen molar-refractivity contribution in [2.45, 2.75) is 24.8 Å². The molecule has 6 heteroatoms. The molecule has 0 saturated carbocycles. The largest absolute Gasteiger partial charge is 0.372 e. The van der Waals surface area contributed by atoms with Crippen molar-refractivity contribution in [1.29, 1.82) is 0 Å². The molecule has 2 heterocycles. The first kappa shape index (κ1) is 13.4. The summed E-state index contributed by atoms with van der Waals surface area (Å²) in [6.45, 7) is 0.666. The molecule has 0 radical (unpaired) electrons. The van der Waals surface area contributed by atoms with Gasteiger partial charge in [0.05, 0.1) is 17.7 Å². The van der Waals surface area contributed by atoms with Crippen molar-refractivity contribution in [3.63, 3.8) is 0 Å². The third-order valence-electron chi connectivity index (χ3n) is 3.81. The van der Waals surface area contributed by atoms with Gasteiger partial charge in [-0.25, -0.2) is 0 Å². The lowest BCUT2D eigenvalue weighted by Gasteiger charge is -2.25. The Morgan fingerprint density at radius 3 is 3.05 bits per heavy atom. The quantitative estimate of drug-likeness (QED) is 0.794. The number of carbonyl (C=O) groups excluding carboxylic acids is 1. The summed E-state index contributed by atoms with van der Waals surface area (Å²) in [5, 5.41) is 13.3. The number of fused-ring (bicyclic) bond motifs is 2. The molecule has 3 rings (SSSR count). The predicted molar refractivity (Wildman–Crippen MR) is 72.3 cm³/mol. The number of ether oxygens (including phenoxy) is 2. The van der Waals surface area contributed by atoms with Crippen LogP contribution in [0.4, 0.5) is 5.69 Å². The lowest BCUT2D eigenvalue weighted by molar-refractivity contribution is -0.0671. The Hall–Kier alpha value is -1.63. The molecule has 2 aliphatic rings. The molecule has 1 fully saturated rings. The van der Waals surface area contributed by atoms with Crippen LogP contribution in [0, 0.1) is 0 Å². The highest BCUT2D eigenvalue weighted by atomic mass is 16.7. The summed E-state index contributed by atoms with van der Waals surface area (Å²) >= 11 is 0. The van der Waals surface area contributed by atoms with Crippen LogP contribution in [-0.4, -0.2) is 54.7 Å². The highest BCUT2D eigenvalue weighted by Crippen LogP contribution is 2.31. The van der Waals surface area contributed by atoms with E-state index in [1.165, 1.54) is 0 Å². The first-order chi connectivity index (χ1) is 9.70. The summed E-state index contributed by atoms with van der Waals surface area (Å²) in [5.74, 6) is -0.0711. The standard InChI is InChI=1S/C14H18N2O4/c1-19-8-20-9-6-12-13(17)15-11-5-3-2-4-10(11)14(18)16(12)7-9/h2-5,9,12-13,15,17H,6-8H2,1H3/t9-,12+,13?/m1/s1. The molecule has 0 bridgehead atoms. The maximum atomic E-state index is 12.6. The van der Waals surface area contributed by atoms with Crippen LogP contribution in [-0.2, 0) is 9.47 Å². The van der Waals surface area contributed by atoms with E-state index in [2.05, 4.69) is 5.32 Å². The zero-order valence-corrected chi connectivity index (χ0v) is 11.3. The minimum atomic E-state index is -0.793. The van der Waals surface area contributed by atoms with Gasteiger partial charge < -0.3 is 24.8 Å². The Bertz CT molecular complexity index is 508. The van der Waals surface area contributed by atoms with Gasteiger partial charge in [-0.1, -0.05) is 12.1 Å². The van der Waals surface area contributed by atoms with Crippen LogP contribution in [0.25, 0.3) is 0 Å². The predicted octanol–water partition coefficient (Wildman–Crippen LogP) is 0.634.